The average molecular weight is 451 g/mol. The molecule has 4 nitrogen and oxygen atoms in total. The molecule has 178 valence electrons. The number of Topliss-reactive ketones (excluding diaryl/α,β-unsaturated/α-hetero) is 1. The van der Waals surface area contributed by atoms with E-state index in [1.54, 1.807) is 0 Å². The third-order valence-electron chi connectivity index (χ3n) is 7.93. The monoisotopic (exact) mass is 450 g/mol. The van der Waals surface area contributed by atoms with E-state index >= 15 is 0 Å². The molecular formula is C26H46O4Si. The SMILES string of the molecule is CC(C)(C)[Si](C)(C)O[C@@H](CCC1=CCC(=O)[C@@H]1CCCCCCC(=O)O)C1CCCC1. The van der Waals surface area contributed by atoms with Gasteiger partial charge in [-0.2, -0.15) is 0 Å². The topological polar surface area (TPSA) is 63.6 Å². The first-order valence-corrected chi connectivity index (χ1v) is 15.5. The molecule has 0 aliphatic heterocycles. The largest absolute Gasteiger partial charge is 0.481 e. The molecule has 1 saturated carbocycles. The van der Waals surface area contributed by atoms with Crippen LogP contribution in [0.4, 0.5) is 0 Å². The highest BCUT2D eigenvalue weighted by atomic mass is 28.4. The summed E-state index contributed by atoms with van der Waals surface area (Å²) >= 11 is 0. The van der Waals surface area contributed by atoms with Crippen molar-refractivity contribution < 1.29 is 19.1 Å². The fraction of sp³-hybridized carbons (Fsp3) is 0.846. The number of ketones is 1. The number of carbonyl (C=O) groups is 2. The molecule has 0 aromatic heterocycles. The molecule has 2 aliphatic rings. The van der Waals surface area contributed by atoms with Crippen LogP contribution in [0.1, 0.15) is 104 Å². The lowest BCUT2D eigenvalue weighted by Gasteiger charge is -2.41. The maximum Gasteiger partial charge on any atom is 0.303 e. The molecule has 0 unspecified atom stereocenters. The van der Waals surface area contributed by atoms with E-state index in [0.29, 0.717) is 24.2 Å². The fourth-order valence-corrected chi connectivity index (χ4v) is 6.33. The maximum absolute atomic E-state index is 12.5. The molecular weight excluding hydrogens is 404 g/mol. The van der Waals surface area contributed by atoms with Crippen molar-refractivity contribution in [1.29, 1.82) is 0 Å². The minimum absolute atomic E-state index is 0.0940. The van der Waals surface area contributed by atoms with Gasteiger partial charge in [0.2, 0.25) is 0 Å². The average Bonchev–Trinajstić information content (AvgIpc) is 3.31. The maximum atomic E-state index is 12.5. The van der Waals surface area contributed by atoms with Crippen LogP contribution in [-0.4, -0.2) is 31.3 Å². The Labute approximate surface area is 191 Å². The molecule has 0 aromatic rings. The molecule has 2 aliphatic carbocycles. The second-order valence-corrected chi connectivity index (χ2v) is 16.1. The highest BCUT2D eigenvalue weighted by molar-refractivity contribution is 6.74. The molecule has 0 bridgehead atoms. The van der Waals surface area contributed by atoms with Crippen LogP contribution in [0.2, 0.25) is 18.1 Å². The molecule has 0 aromatic carbocycles. The number of aliphatic carboxylic acids is 1. The first-order chi connectivity index (χ1) is 14.5. The molecule has 1 N–H and O–H groups in total. The zero-order valence-electron chi connectivity index (χ0n) is 20.7. The van der Waals surface area contributed by atoms with E-state index in [1.807, 2.05) is 0 Å². The molecule has 0 spiro atoms. The Morgan fingerprint density at radius 1 is 1.16 bits per heavy atom. The predicted molar refractivity (Wildman–Crippen MR) is 130 cm³/mol. The third kappa shape index (κ3) is 8.16. The zero-order valence-corrected chi connectivity index (χ0v) is 21.7. The molecule has 0 heterocycles. The highest BCUT2D eigenvalue weighted by Gasteiger charge is 2.41. The molecule has 5 heteroatoms. The van der Waals surface area contributed by atoms with E-state index in [4.69, 9.17) is 9.53 Å². The summed E-state index contributed by atoms with van der Waals surface area (Å²) in [7, 11) is -1.81. The van der Waals surface area contributed by atoms with Crippen molar-refractivity contribution in [2.75, 3.05) is 0 Å². The first-order valence-electron chi connectivity index (χ1n) is 12.6. The molecule has 2 rings (SSSR count). The molecule has 0 saturated heterocycles. The Balaban J connectivity index is 1.88. The van der Waals surface area contributed by atoms with Gasteiger partial charge in [0, 0.05) is 24.9 Å². The number of hydrogen-bond acceptors (Lipinski definition) is 3. The van der Waals surface area contributed by atoms with Crippen molar-refractivity contribution >= 4 is 20.1 Å². The van der Waals surface area contributed by atoms with E-state index in [9.17, 15) is 9.59 Å². The van der Waals surface area contributed by atoms with Crippen LogP contribution in [0, 0.1) is 11.8 Å². The van der Waals surface area contributed by atoms with Crippen molar-refractivity contribution in [1.82, 2.24) is 0 Å². The minimum atomic E-state index is -1.81. The summed E-state index contributed by atoms with van der Waals surface area (Å²) in [5, 5.41) is 8.97. The molecule has 1 fully saturated rings. The summed E-state index contributed by atoms with van der Waals surface area (Å²) < 4.78 is 6.93. The Kier molecular flexibility index (Phi) is 10.0. The summed E-state index contributed by atoms with van der Waals surface area (Å²) in [6.45, 7) is 11.7. The predicted octanol–water partition coefficient (Wildman–Crippen LogP) is 7.29. The van der Waals surface area contributed by atoms with Gasteiger partial charge in [-0.05, 0) is 62.6 Å². The quantitative estimate of drug-likeness (QED) is 0.182. The van der Waals surface area contributed by atoms with Gasteiger partial charge in [0.15, 0.2) is 8.32 Å². The van der Waals surface area contributed by atoms with Crippen LogP contribution in [0.15, 0.2) is 11.6 Å². The number of carbonyl (C=O) groups excluding carboxylic acids is 1. The van der Waals surface area contributed by atoms with E-state index in [0.717, 1.165) is 44.9 Å². The summed E-state index contributed by atoms with van der Waals surface area (Å²) in [5.74, 6) is 0.437. The van der Waals surface area contributed by atoms with E-state index in [2.05, 4.69) is 39.9 Å². The van der Waals surface area contributed by atoms with E-state index in [-0.39, 0.29) is 17.4 Å². The van der Waals surface area contributed by atoms with Crippen molar-refractivity contribution in [2.45, 2.75) is 128 Å². The summed E-state index contributed by atoms with van der Waals surface area (Å²) in [4.78, 5) is 23.1. The first kappa shape index (κ1) is 26.3. The van der Waals surface area contributed by atoms with Crippen molar-refractivity contribution in [2.24, 2.45) is 11.8 Å². The molecule has 2 atom stereocenters. The van der Waals surface area contributed by atoms with Gasteiger partial charge in [-0.1, -0.05) is 64.5 Å². The lowest BCUT2D eigenvalue weighted by molar-refractivity contribution is -0.137. The van der Waals surface area contributed by atoms with Gasteiger partial charge < -0.3 is 9.53 Å². The lowest BCUT2D eigenvalue weighted by Crippen LogP contribution is -2.45. The summed E-state index contributed by atoms with van der Waals surface area (Å²) in [6, 6.07) is 0. The second-order valence-electron chi connectivity index (χ2n) is 11.3. The normalized spacial score (nSPS) is 21.5. The van der Waals surface area contributed by atoms with Crippen molar-refractivity contribution in [3.63, 3.8) is 0 Å². The Hall–Kier alpha value is -0.943. The number of unbranched alkanes of at least 4 members (excludes halogenated alkanes) is 3. The van der Waals surface area contributed by atoms with Crippen LogP contribution in [-0.2, 0) is 14.0 Å². The number of carboxylic acid groups (broad SMARTS) is 1. The van der Waals surface area contributed by atoms with Gasteiger partial charge in [0.25, 0.3) is 0 Å². The minimum Gasteiger partial charge on any atom is -0.481 e. The summed E-state index contributed by atoms with van der Waals surface area (Å²) in [6.07, 6.45) is 15.3. The standard InChI is InChI=1S/C26H46O4Si/c1-26(2,3)31(4,5)30-24(21-12-10-11-13-21)19-17-20-16-18-23(27)22(20)14-8-6-7-9-15-25(28)29/h16,21-22,24H,6-15,17-19H2,1-5H3,(H,28,29)/t22-,24+/m1/s1. The number of rotatable bonds is 13. The zero-order chi connectivity index (χ0) is 23.1. The summed E-state index contributed by atoms with van der Waals surface area (Å²) in [5.41, 5.74) is 1.34. The molecule has 0 radical (unpaired) electrons. The third-order valence-corrected chi connectivity index (χ3v) is 12.4. The van der Waals surface area contributed by atoms with Crippen LogP contribution in [0.25, 0.3) is 0 Å². The highest BCUT2D eigenvalue weighted by Crippen LogP contribution is 2.42. The Morgan fingerprint density at radius 2 is 1.81 bits per heavy atom. The van der Waals surface area contributed by atoms with Crippen LogP contribution in [0.3, 0.4) is 0 Å². The number of carboxylic acids is 1. The van der Waals surface area contributed by atoms with Crippen LogP contribution < -0.4 is 0 Å². The number of hydrogen-bond donors (Lipinski definition) is 1. The van der Waals surface area contributed by atoms with Gasteiger partial charge in [0.1, 0.15) is 5.78 Å². The van der Waals surface area contributed by atoms with Gasteiger partial charge in [0.05, 0.1) is 0 Å². The van der Waals surface area contributed by atoms with E-state index < -0.39 is 14.3 Å². The van der Waals surface area contributed by atoms with Gasteiger partial charge in [-0.15, -0.1) is 0 Å². The fourth-order valence-electron chi connectivity index (χ4n) is 4.91. The Bertz CT molecular complexity index is 626. The van der Waals surface area contributed by atoms with Gasteiger partial charge in [-0.25, -0.2) is 0 Å². The van der Waals surface area contributed by atoms with Gasteiger partial charge in [-0.3, -0.25) is 9.59 Å². The number of allylic oxidation sites excluding steroid dienone is 2. The van der Waals surface area contributed by atoms with Crippen molar-refractivity contribution in [3.05, 3.63) is 11.6 Å². The molecule has 0 amide bonds. The lowest BCUT2D eigenvalue weighted by atomic mass is 9.88. The van der Waals surface area contributed by atoms with E-state index in [1.165, 1.54) is 31.3 Å². The molecule has 31 heavy (non-hydrogen) atoms. The van der Waals surface area contributed by atoms with Crippen LogP contribution >= 0.6 is 0 Å². The van der Waals surface area contributed by atoms with Crippen molar-refractivity contribution in [3.8, 4) is 0 Å². The van der Waals surface area contributed by atoms with Crippen LogP contribution in [0.5, 0.6) is 0 Å². The Morgan fingerprint density at radius 3 is 2.42 bits per heavy atom. The smallest absolute Gasteiger partial charge is 0.303 e. The van der Waals surface area contributed by atoms with Gasteiger partial charge >= 0.3 is 5.97 Å². The second kappa shape index (κ2) is 11.8.